The van der Waals surface area contributed by atoms with E-state index in [9.17, 15) is 8.78 Å². The maximum absolute atomic E-state index is 13.1. The van der Waals surface area contributed by atoms with E-state index in [1.54, 1.807) is 0 Å². The SMILES string of the molecule is CNC(C)c1csc(-c2cc(F)cc(F)c2)n1. The topological polar surface area (TPSA) is 24.9 Å². The molecule has 17 heavy (non-hydrogen) atoms. The van der Waals surface area contributed by atoms with Crippen molar-refractivity contribution in [1.29, 1.82) is 0 Å². The lowest BCUT2D eigenvalue weighted by Crippen LogP contribution is -2.12. The number of benzene rings is 1. The lowest BCUT2D eigenvalue weighted by molar-refractivity contribution is 0.584. The van der Waals surface area contributed by atoms with Crippen LogP contribution in [0, 0.1) is 11.6 Å². The van der Waals surface area contributed by atoms with Gasteiger partial charge in [0, 0.05) is 23.1 Å². The van der Waals surface area contributed by atoms with Crippen LogP contribution < -0.4 is 5.32 Å². The second-order valence-corrected chi connectivity index (χ2v) is 4.60. The Morgan fingerprint density at radius 2 is 1.88 bits per heavy atom. The molecular weight excluding hydrogens is 242 g/mol. The molecule has 1 aromatic carbocycles. The highest BCUT2D eigenvalue weighted by atomic mass is 32.1. The minimum Gasteiger partial charge on any atom is -0.312 e. The summed E-state index contributed by atoms with van der Waals surface area (Å²) in [5, 5.41) is 5.58. The molecule has 1 unspecified atom stereocenters. The molecule has 0 amide bonds. The number of hydrogen-bond donors (Lipinski definition) is 1. The van der Waals surface area contributed by atoms with E-state index in [0.29, 0.717) is 10.6 Å². The summed E-state index contributed by atoms with van der Waals surface area (Å²) in [7, 11) is 1.84. The van der Waals surface area contributed by atoms with Gasteiger partial charge in [-0.1, -0.05) is 0 Å². The lowest BCUT2D eigenvalue weighted by Gasteiger charge is -2.05. The van der Waals surface area contributed by atoms with E-state index in [-0.39, 0.29) is 6.04 Å². The quantitative estimate of drug-likeness (QED) is 0.908. The molecule has 90 valence electrons. The Morgan fingerprint density at radius 1 is 1.24 bits per heavy atom. The minimum atomic E-state index is -0.585. The number of rotatable bonds is 3. The van der Waals surface area contributed by atoms with E-state index in [4.69, 9.17) is 0 Å². The maximum Gasteiger partial charge on any atom is 0.126 e. The summed E-state index contributed by atoms with van der Waals surface area (Å²) in [5.41, 5.74) is 1.35. The van der Waals surface area contributed by atoms with Crippen LogP contribution in [0.5, 0.6) is 0 Å². The first kappa shape index (κ1) is 12.1. The number of nitrogens with zero attached hydrogens (tertiary/aromatic N) is 1. The third-order valence-corrected chi connectivity index (χ3v) is 3.42. The van der Waals surface area contributed by atoms with Crippen molar-refractivity contribution < 1.29 is 8.78 Å². The van der Waals surface area contributed by atoms with Crippen molar-refractivity contribution in [3.63, 3.8) is 0 Å². The number of halogens is 2. The average molecular weight is 254 g/mol. The molecule has 2 rings (SSSR count). The summed E-state index contributed by atoms with van der Waals surface area (Å²) in [6.07, 6.45) is 0. The standard InChI is InChI=1S/C12H12F2N2S/c1-7(15-2)11-6-17-12(16-11)8-3-9(13)5-10(14)4-8/h3-7,15H,1-2H3. The molecular formula is C12H12F2N2S. The van der Waals surface area contributed by atoms with Gasteiger partial charge >= 0.3 is 0 Å². The fourth-order valence-corrected chi connectivity index (χ4v) is 2.34. The van der Waals surface area contributed by atoms with E-state index in [1.807, 2.05) is 19.4 Å². The molecule has 5 heteroatoms. The van der Waals surface area contributed by atoms with Crippen LogP contribution in [0.4, 0.5) is 8.78 Å². The van der Waals surface area contributed by atoms with Gasteiger partial charge in [-0.2, -0.15) is 0 Å². The van der Waals surface area contributed by atoms with Gasteiger partial charge < -0.3 is 5.32 Å². The molecule has 0 radical (unpaired) electrons. The summed E-state index contributed by atoms with van der Waals surface area (Å²) < 4.78 is 26.1. The van der Waals surface area contributed by atoms with Gasteiger partial charge in [0.1, 0.15) is 16.6 Å². The molecule has 1 atom stereocenters. The van der Waals surface area contributed by atoms with Gasteiger partial charge in [-0.15, -0.1) is 11.3 Å². The van der Waals surface area contributed by atoms with Crippen molar-refractivity contribution in [3.05, 3.63) is 40.9 Å². The van der Waals surface area contributed by atoms with E-state index in [1.165, 1.54) is 23.5 Å². The summed E-state index contributed by atoms with van der Waals surface area (Å²) in [6, 6.07) is 3.55. The Labute approximate surface area is 102 Å². The molecule has 0 bridgehead atoms. The molecule has 1 heterocycles. The first-order chi connectivity index (χ1) is 8.10. The predicted molar refractivity (Wildman–Crippen MR) is 64.9 cm³/mol. The number of nitrogens with one attached hydrogen (secondary N) is 1. The zero-order valence-corrected chi connectivity index (χ0v) is 10.3. The van der Waals surface area contributed by atoms with Crippen LogP contribution in [-0.4, -0.2) is 12.0 Å². The van der Waals surface area contributed by atoms with Crippen molar-refractivity contribution in [1.82, 2.24) is 10.3 Å². The van der Waals surface area contributed by atoms with Crippen LogP contribution in [0.2, 0.25) is 0 Å². The van der Waals surface area contributed by atoms with Gasteiger partial charge in [0.25, 0.3) is 0 Å². The van der Waals surface area contributed by atoms with Gasteiger partial charge in [0.05, 0.1) is 5.69 Å². The second kappa shape index (κ2) is 4.89. The van der Waals surface area contributed by atoms with Gasteiger partial charge in [-0.05, 0) is 26.1 Å². The Balaban J connectivity index is 2.36. The van der Waals surface area contributed by atoms with Crippen molar-refractivity contribution in [3.8, 4) is 10.6 Å². The molecule has 0 saturated carbocycles. The summed E-state index contributed by atoms with van der Waals surface area (Å²) in [4.78, 5) is 4.36. The largest absolute Gasteiger partial charge is 0.312 e. The summed E-state index contributed by atoms with van der Waals surface area (Å²) in [5.74, 6) is -1.17. The number of hydrogen-bond acceptors (Lipinski definition) is 3. The third-order valence-electron chi connectivity index (χ3n) is 2.51. The monoisotopic (exact) mass is 254 g/mol. The molecule has 1 N–H and O–H groups in total. The van der Waals surface area contributed by atoms with Gasteiger partial charge in [0.2, 0.25) is 0 Å². The fourth-order valence-electron chi connectivity index (χ4n) is 1.44. The Hall–Kier alpha value is -1.33. The van der Waals surface area contributed by atoms with Crippen LogP contribution in [0.15, 0.2) is 23.6 Å². The van der Waals surface area contributed by atoms with Crippen LogP contribution in [-0.2, 0) is 0 Å². The molecule has 0 aliphatic heterocycles. The zero-order valence-electron chi connectivity index (χ0n) is 9.50. The van der Waals surface area contributed by atoms with Crippen molar-refractivity contribution >= 4 is 11.3 Å². The smallest absolute Gasteiger partial charge is 0.126 e. The van der Waals surface area contributed by atoms with Gasteiger partial charge in [0.15, 0.2) is 0 Å². The average Bonchev–Trinajstić information content (AvgIpc) is 2.76. The van der Waals surface area contributed by atoms with E-state index >= 15 is 0 Å². The lowest BCUT2D eigenvalue weighted by atomic mass is 10.2. The predicted octanol–water partition coefficient (Wildman–Crippen LogP) is 3.37. The normalized spacial score (nSPS) is 12.7. The summed E-state index contributed by atoms with van der Waals surface area (Å²) in [6.45, 7) is 1.98. The third kappa shape index (κ3) is 2.68. The highest BCUT2D eigenvalue weighted by Gasteiger charge is 2.11. The molecule has 0 fully saturated rings. The number of aromatic nitrogens is 1. The first-order valence-corrected chi connectivity index (χ1v) is 6.07. The Morgan fingerprint density at radius 3 is 2.47 bits per heavy atom. The molecule has 1 aromatic heterocycles. The van der Waals surface area contributed by atoms with Crippen molar-refractivity contribution in [2.45, 2.75) is 13.0 Å². The fraction of sp³-hybridized carbons (Fsp3) is 0.250. The van der Waals surface area contributed by atoms with Crippen LogP contribution in [0.3, 0.4) is 0 Å². The van der Waals surface area contributed by atoms with Crippen molar-refractivity contribution in [2.24, 2.45) is 0 Å². The highest BCUT2D eigenvalue weighted by Crippen LogP contribution is 2.27. The molecule has 2 nitrogen and oxygen atoms in total. The van der Waals surface area contributed by atoms with E-state index in [0.717, 1.165) is 11.8 Å². The molecule has 0 saturated heterocycles. The number of thiazole rings is 1. The van der Waals surface area contributed by atoms with Crippen LogP contribution >= 0.6 is 11.3 Å². The van der Waals surface area contributed by atoms with Crippen molar-refractivity contribution in [2.75, 3.05) is 7.05 Å². The van der Waals surface area contributed by atoms with E-state index in [2.05, 4.69) is 10.3 Å². The van der Waals surface area contributed by atoms with Crippen LogP contribution in [0.25, 0.3) is 10.6 Å². The zero-order chi connectivity index (χ0) is 12.4. The molecule has 0 spiro atoms. The Kier molecular flexibility index (Phi) is 3.49. The first-order valence-electron chi connectivity index (χ1n) is 5.19. The minimum absolute atomic E-state index is 0.124. The summed E-state index contributed by atoms with van der Waals surface area (Å²) >= 11 is 1.38. The second-order valence-electron chi connectivity index (χ2n) is 3.75. The molecule has 0 aliphatic carbocycles. The highest BCUT2D eigenvalue weighted by molar-refractivity contribution is 7.13. The van der Waals surface area contributed by atoms with Gasteiger partial charge in [-0.3, -0.25) is 0 Å². The maximum atomic E-state index is 13.1. The van der Waals surface area contributed by atoms with Gasteiger partial charge in [-0.25, -0.2) is 13.8 Å². The Bertz CT molecular complexity index is 505. The molecule has 0 aliphatic rings. The molecule has 2 aromatic rings. The van der Waals surface area contributed by atoms with Crippen LogP contribution in [0.1, 0.15) is 18.7 Å². The van der Waals surface area contributed by atoms with E-state index < -0.39 is 11.6 Å².